The van der Waals surface area contributed by atoms with Crippen LogP contribution in [0.15, 0.2) is 35.5 Å². The Morgan fingerprint density at radius 2 is 2.14 bits per heavy atom. The van der Waals surface area contributed by atoms with Crippen LogP contribution in [0, 0.1) is 5.92 Å². The van der Waals surface area contributed by atoms with Gasteiger partial charge in [-0.05, 0) is 24.3 Å². The van der Waals surface area contributed by atoms with Crippen molar-refractivity contribution < 1.29 is 5.21 Å². The first-order valence-electron chi connectivity index (χ1n) is 8.00. The lowest BCUT2D eigenvalue weighted by atomic mass is 9.84. The van der Waals surface area contributed by atoms with Gasteiger partial charge in [-0.2, -0.15) is 0 Å². The van der Waals surface area contributed by atoms with Crippen LogP contribution in [0.25, 0.3) is 0 Å². The van der Waals surface area contributed by atoms with Gasteiger partial charge in [-0.3, -0.25) is 0 Å². The first-order valence-corrected chi connectivity index (χ1v) is 8.00. The third-order valence-corrected chi connectivity index (χ3v) is 4.65. The van der Waals surface area contributed by atoms with E-state index in [2.05, 4.69) is 17.4 Å². The van der Waals surface area contributed by atoms with E-state index >= 15 is 0 Å². The molecule has 0 amide bonds. The molecule has 116 valence electrons. The summed E-state index contributed by atoms with van der Waals surface area (Å²) in [7, 11) is 0. The summed E-state index contributed by atoms with van der Waals surface area (Å²) in [6.45, 7) is 3.00. The summed E-state index contributed by atoms with van der Waals surface area (Å²) in [6.07, 6.45) is 6.40. The van der Waals surface area contributed by atoms with Gasteiger partial charge in [-0.15, -0.1) is 0 Å². The Hall–Kier alpha value is -1.55. The number of nitrogens with zero attached hydrogens (tertiary/aromatic N) is 1. The highest BCUT2D eigenvalue weighted by Gasteiger charge is 2.23. The van der Waals surface area contributed by atoms with Gasteiger partial charge < -0.3 is 16.3 Å². The molecule has 2 rings (SSSR count). The van der Waals surface area contributed by atoms with Crippen molar-refractivity contribution in [3.05, 3.63) is 35.9 Å². The van der Waals surface area contributed by atoms with Crippen LogP contribution in [0.1, 0.15) is 50.5 Å². The molecule has 0 heterocycles. The zero-order chi connectivity index (χ0) is 15.1. The molecule has 0 aromatic heterocycles. The fourth-order valence-electron chi connectivity index (χ4n) is 3.28. The number of oxime groups is 1. The van der Waals surface area contributed by atoms with Gasteiger partial charge in [0.05, 0.1) is 5.92 Å². The van der Waals surface area contributed by atoms with Crippen LogP contribution < -0.4 is 11.1 Å². The number of hydrogen-bond donors (Lipinski definition) is 3. The van der Waals surface area contributed by atoms with E-state index in [4.69, 9.17) is 10.9 Å². The van der Waals surface area contributed by atoms with Gasteiger partial charge in [-0.1, -0.05) is 61.7 Å². The summed E-state index contributed by atoms with van der Waals surface area (Å²) in [5, 5.41) is 15.9. The third kappa shape index (κ3) is 4.46. The van der Waals surface area contributed by atoms with E-state index in [1.165, 1.54) is 32.1 Å². The summed E-state index contributed by atoms with van der Waals surface area (Å²) in [5.74, 6) is 1.05. The fourth-order valence-corrected chi connectivity index (χ4v) is 3.28. The number of amidine groups is 1. The SMILES string of the molecule is CCC1CCCC(NCC(C(N)=NO)c2ccccc2)C1. The van der Waals surface area contributed by atoms with Crippen molar-refractivity contribution in [3.8, 4) is 0 Å². The highest BCUT2D eigenvalue weighted by molar-refractivity contribution is 5.87. The molecular weight excluding hydrogens is 262 g/mol. The van der Waals surface area contributed by atoms with E-state index in [1.54, 1.807) is 0 Å². The Morgan fingerprint density at radius 1 is 1.38 bits per heavy atom. The maximum atomic E-state index is 9.02. The molecule has 21 heavy (non-hydrogen) atoms. The molecule has 3 atom stereocenters. The smallest absolute Gasteiger partial charge is 0.147 e. The fraction of sp³-hybridized carbons (Fsp3) is 0.588. The molecule has 1 aromatic rings. The molecule has 1 aromatic carbocycles. The lowest BCUT2D eigenvalue weighted by Gasteiger charge is -2.30. The lowest BCUT2D eigenvalue weighted by molar-refractivity contribution is 0.278. The topological polar surface area (TPSA) is 70.6 Å². The second-order valence-electron chi connectivity index (χ2n) is 6.03. The average Bonchev–Trinajstić information content (AvgIpc) is 2.56. The second-order valence-corrected chi connectivity index (χ2v) is 6.03. The summed E-state index contributed by atoms with van der Waals surface area (Å²) < 4.78 is 0. The number of hydrogen-bond acceptors (Lipinski definition) is 3. The number of benzene rings is 1. The van der Waals surface area contributed by atoms with E-state index in [-0.39, 0.29) is 11.8 Å². The Balaban J connectivity index is 1.97. The Kier molecular flexibility index (Phi) is 6.05. The molecule has 1 aliphatic carbocycles. The standard InChI is InChI=1S/C17H27N3O/c1-2-13-7-6-10-15(11-13)19-12-16(17(18)20-21)14-8-4-3-5-9-14/h3-5,8-9,13,15-16,19,21H,2,6-7,10-12H2,1H3,(H2,18,20). The van der Waals surface area contributed by atoms with Crippen molar-refractivity contribution in [2.75, 3.05) is 6.54 Å². The van der Waals surface area contributed by atoms with Crippen LogP contribution >= 0.6 is 0 Å². The third-order valence-electron chi connectivity index (χ3n) is 4.65. The lowest BCUT2D eigenvalue weighted by Crippen LogP contribution is -2.39. The van der Waals surface area contributed by atoms with E-state index in [0.29, 0.717) is 6.04 Å². The van der Waals surface area contributed by atoms with Gasteiger partial charge in [0.1, 0.15) is 5.84 Å². The van der Waals surface area contributed by atoms with Gasteiger partial charge in [0, 0.05) is 12.6 Å². The van der Waals surface area contributed by atoms with Crippen molar-refractivity contribution in [2.45, 2.75) is 51.0 Å². The highest BCUT2D eigenvalue weighted by Crippen LogP contribution is 2.27. The van der Waals surface area contributed by atoms with Crippen LogP contribution in [-0.2, 0) is 0 Å². The Bertz CT molecular complexity index is 447. The minimum Gasteiger partial charge on any atom is -0.409 e. The molecule has 4 heteroatoms. The summed E-state index contributed by atoms with van der Waals surface area (Å²) in [4.78, 5) is 0. The van der Waals surface area contributed by atoms with Crippen LogP contribution in [0.3, 0.4) is 0 Å². The van der Waals surface area contributed by atoms with Crippen LogP contribution in [-0.4, -0.2) is 23.6 Å². The quantitative estimate of drug-likeness (QED) is 0.326. The zero-order valence-corrected chi connectivity index (χ0v) is 12.8. The predicted molar refractivity (Wildman–Crippen MR) is 86.6 cm³/mol. The number of nitrogens with one attached hydrogen (secondary N) is 1. The molecular formula is C17H27N3O. The molecule has 1 aliphatic rings. The molecule has 0 saturated heterocycles. The van der Waals surface area contributed by atoms with Crippen molar-refractivity contribution in [1.29, 1.82) is 0 Å². The summed E-state index contributed by atoms with van der Waals surface area (Å²) >= 11 is 0. The largest absolute Gasteiger partial charge is 0.409 e. The van der Waals surface area contributed by atoms with Crippen LogP contribution in [0.4, 0.5) is 0 Å². The second kappa shape index (κ2) is 8.03. The maximum absolute atomic E-state index is 9.02. The van der Waals surface area contributed by atoms with Gasteiger partial charge in [0.2, 0.25) is 0 Å². The first-order chi connectivity index (χ1) is 10.2. The van der Waals surface area contributed by atoms with E-state index < -0.39 is 0 Å². The minimum atomic E-state index is -0.0711. The van der Waals surface area contributed by atoms with E-state index in [1.807, 2.05) is 30.3 Å². The van der Waals surface area contributed by atoms with Crippen LogP contribution in [0.2, 0.25) is 0 Å². The molecule has 0 aliphatic heterocycles. The molecule has 1 fully saturated rings. The zero-order valence-electron chi connectivity index (χ0n) is 12.8. The Labute approximate surface area is 127 Å². The summed E-state index contributed by atoms with van der Waals surface area (Å²) in [5.41, 5.74) is 6.96. The normalized spacial score (nSPS) is 24.7. The van der Waals surface area contributed by atoms with E-state index in [9.17, 15) is 0 Å². The Morgan fingerprint density at radius 3 is 2.81 bits per heavy atom. The molecule has 3 unspecified atom stereocenters. The van der Waals surface area contributed by atoms with E-state index in [0.717, 1.165) is 18.0 Å². The molecule has 0 bridgehead atoms. The first kappa shape index (κ1) is 15.8. The maximum Gasteiger partial charge on any atom is 0.147 e. The van der Waals surface area contributed by atoms with Crippen molar-refractivity contribution >= 4 is 5.84 Å². The van der Waals surface area contributed by atoms with Gasteiger partial charge in [0.15, 0.2) is 0 Å². The van der Waals surface area contributed by atoms with Crippen LogP contribution in [0.5, 0.6) is 0 Å². The van der Waals surface area contributed by atoms with Crippen molar-refractivity contribution in [1.82, 2.24) is 5.32 Å². The molecule has 0 spiro atoms. The van der Waals surface area contributed by atoms with Gasteiger partial charge in [0.25, 0.3) is 0 Å². The molecule has 4 N–H and O–H groups in total. The summed E-state index contributed by atoms with van der Waals surface area (Å²) in [6, 6.07) is 10.6. The highest BCUT2D eigenvalue weighted by atomic mass is 16.4. The molecule has 0 radical (unpaired) electrons. The molecule has 4 nitrogen and oxygen atoms in total. The average molecular weight is 289 g/mol. The van der Waals surface area contributed by atoms with Gasteiger partial charge >= 0.3 is 0 Å². The van der Waals surface area contributed by atoms with Gasteiger partial charge in [-0.25, -0.2) is 0 Å². The van der Waals surface area contributed by atoms with Crippen molar-refractivity contribution in [2.24, 2.45) is 16.8 Å². The minimum absolute atomic E-state index is 0.0711. The number of nitrogens with two attached hydrogens (primary N) is 1. The predicted octanol–water partition coefficient (Wildman–Crippen LogP) is 3.08. The molecule has 1 saturated carbocycles. The number of rotatable bonds is 6. The monoisotopic (exact) mass is 289 g/mol. The van der Waals surface area contributed by atoms with Crippen molar-refractivity contribution in [3.63, 3.8) is 0 Å².